The first-order valence-electron chi connectivity index (χ1n) is 35.0. The maximum Gasteiger partial charge on any atom is 0.252 e. The number of anilines is 6. The summed E-state index contributed by atoms with van der Waals surface area (Å²) in [5.41, 5.74) is 23.3. The van der Waals surface area contributed by atoms with Crippen molar-refractivity contribution < 1.29 is 11.0 Å². The highest BCUT2D eigenvalue weighted by Gasteiger charge is 2.46. The first-order valence-corrected chi connectivity index (χ1v) is 31.0. The summed E-state index contributed by atoms with van der Waals surface area (Å²) < 4.78 is 76.6. The van der Waals surface area contributed by atoms with Crippen LogP contribution in [-0.2, 0) is 10.8 Å². The first-order chi connectivity index (χ1) is 47.3. The molecule has 0 atom stereocenters. The van der Waals surface area contributed by atoms with Gasteiger partial charge in [-0.05, 0) is 125 Å². The molecule has 430 valence electrons. The van der Waals surface area contributed by atoms with E-state index in [2.05, 4.69) is 282 Å². The van der Waals surface area contributed by atoms with Gasteiger partial charge in [0, 0.05) is 61.5 Å². The molecule has 2 aliphatic heterocycles. The third-order valence-corrected chi connectivity index (χ3v) is 18.3. The van der Waals surface area contributed by atoms with Crippen LogP contribution in [0.25, 0.3) is 94.3 Å². The molecule has 3 heterocycles. The number of aromatic nitrogens is 1. The van der Waals surface area contributed by atoms with Gasteiger partial charge in [-0.3, -0.25) is 0 Å². The lowest BCUT2D eigenvalue weighted by Crippen LogP contribution is -2.61. The minimum absolute atomic E-state index is 0.0144. The zero-order valence-electron chi connectivity index (χ0n) is 59.2. The SMILES string of the molecule is [2H]c1c([2H])c([2H])c2c(c1[2H])c1c([2H])c([2H])c([2H])c([2H])c1n2-c1ccc2c(c1)N(c1c(-c3ccccc3)cccc1-c1ccccc1)c1cc(-c3ccc(C(C)(C)C)cc3C(C)(C)C)cc3c1B2c1cc(-c2ccccc2)ccc1N3c1c(-c2ccccc2)cccc1-c1ccccc1. The molecule has 0 N–H and O–H groups in total. The Morgan fingerprint density at radius 3 is 1.24 bits per heavy atom. The molecule has 0 fully saturated rings. The quantitative estimate of drug-likeness (QED) is 0.133. The monoisotopic (exact) mass is 1160 g/mol. The van der Waals surface area contributed by atoms with E-state index in [9.17, 15) is 8.22 Å². The fraction of sp³-hybridized carbons (Fsp3) is 0.0930. The average molecular weight is 1160 g/mol. The molecule has 0 unspecified atom stereocenters. The van der Waals surface area contributed by atoms with E-state index in [4.69, 9.17) is 2.74 Å². The predicted octanol–water partition coefficient (Wildman–Crippen LogP) is 21.5. The molecule has 0 spiro atoms. The highest BCUT2D eigenvalue weighted by molar-refractivity contribution is 7.00. The summed E-state index contributed by atoms with van der Waals surface area (Å²) in [7, 11) is 0. The lowest BCUT2D eigenvalue weighted by Gasteiger charge is -2.46. The van der Waals surface area contributed by atoms with Gasteiger partial charge in [-0.25, -0.2) is 0 Å². The van der Waals surface area contributed by atoms with Crippen molar-refractivity contribution in [2.45, 2.75) is 52.4 Å². The number of nitrogens with zero attached hydrogens (tertiary/aromatic N) is 3. The van der Waals surface area contributed by atoms with Crippen LogP contribution in [0.15, 0.2) is 303 Å². The Bertz CT molecular complexity index is 5380. The second kappa shape index (κ2) is 21.6. The van der Waals surface area contributed by atoms with E-state index in [0.29, 0.717) is 5.69 Å². The molecule has 13 aromatic carbocycles. The van der Waals surface area contributed by atoms with Crippen molar-refractivity contribution in [3.05, 3.63) is 314 Å². The number of fused-ring (bicyclic) bond motifs is 7. The zero-order valence-corrected chi connectivity index (χ0v) is 51.2. The second-order valence-corrected chi connectivity index (χ2v) is 25.8. The lowest BCUT2D eigenvalue weighted by atomic mass is 9.33. The Kier molecular flexibility index (Phi) is 11.1. The van der Waals surface area contributed by atoms with Gasteiger partial charge in [0.05, 0.1) is 33.4 Å². The highest BCUT2D eigenvalue weighted by atomic mass is 15.2. The fourth-order valence-corrected chi connectivity index (χ4v) is 14.1. The van der Waals surface area contributed by atoms with Crippen molar-refractivity contribution in [3.63, 3.8) is 0 Å². The van der Waals surface area contributed by atoms with Crippen LogP contribution in [0.3, 0.4) is 0 Å². The van der Waals surface area contributed by atoms with Gasteiger partial charge >= 0.3 is 0 Å². The van der Waals surface area contributed by atoms with Gasteiger partial charge in [0.15, 0.2) is 0 Å². The summed E-state index contributed by atoms with van der Waals surface area (Å²) in [6, 6.07) is 87.7. The summed E-state index contributed by atoms with van der Waals surface area (Å²) in [4.78, 5) is 4.98. The zero-order chi connectivity index (χ0) is 67.8. The number of para-hydroxylation sites is 4. The molecule has 1 aromatic heterocycles. The van der Waals surface area contributed by atoms with Gasteiger partial charge in [-0.2, -0.15) is 0 Å². The topological polar surface area (TPSA) is 11.4 Å². The fourth-order valence-electron chi connectivity index (χ4n) is 14.1. The number of hydrogen-bond acceptors (Lipinski definition) is 2. The van der Waals surface area contributed by atoms with E-state index < -0.39 is 30.9 Å². The highest BCUT2D eigenvalue weighted by Crippen LogP contribution is 2.55. The standard InChI is InChI=1S/C86H68BN3/c1-85(2,3)64-47-49-66(73(55-64)86(4,5)6)63-53-80-82-81(54-63)90(84-69(60-34-18-10-19-35-60)42-27-43-70(84)61-36-20-11-21-37-61)79-56-65(88-76-44-24-22-38-71(76)72-39-23-25-45-77(72)88)48-50-74(79)87(82)75-52-62(57-28-12-7-13-29-57)46-51-78(75)89(80)83-67(58-30-14-8-15-31-58)40-26-41-68(83)59-32-16-9-17-33-59/h7-56H,1-6H3/i22D,23D,24D,25D,38D,39D,44D,45D. The van der Waals surface area contributed by atoms with Crippen LogP contribution < -0.4 is 26.2 Å². The second-order valence-electron chi connectivity index (χ2n) is 25.8. The Hall–Kier alpha value is -10.7. The van der Waals surface area contributed by atoms with Crippen molar-refractivity contribution in [1.29, 1.82) is 0 Å². The van der Waals surface area contributed by atoms with E-state index in [1.54, 1.807) is 4.57 Å². The molecule has 14 aromatic rings. The number of hydrogen-bond donors (Lipinski definition) is 0. The van der Waals surface area contributed by atoms with Crippen LogP contribution >= 0.6 is 0 Å². The van der Waals surface area contributed by atoms with Gasteiger partial charge in [-0.1, -0.05) is 302 Å². The molecule has 16 rings (SSSR count). The molecule has 0 radical (unpaired) electrons. The Morgan fingerprint density at radius 1 is 0.322 bits per heavy atom. The van der Waals surface area contributed by atoms with E-state index in [1.165, 1.54) is 11.1 Å². The van der Waals surface area contributed by atoms with Gasteiger partial charge in [0.1, 0.15) is 0 Å². The molecule has 2 aliphatic rings. The van der Waals surface area contributed by atoms with Crippen molar-refractivity contribution in [2.24, 2.45) is 0 Å². The minimum Gasteiger partial charge on any atom is -0.310 e. The smallest absolute Gasteiger partial charge is 0.252 e. The third kappa shape index (κ3) is 9.11. The molecule has 90 heavy (non-hydrogen) atoms. The normalized spacial score (nSPS) is 14.0. The van der Waals surface area contributed by atoms with Crippen LogP contribution in [0.4, 0.5) is 34.1 Å². The van der Waals surface area contributed by atoms with Crippen LogP contribution in [0.2, 0.25) is 0 Å². The Labute approximate surface area is 540 Å². The summed E-state index contributed by atoms with van der Waals surface area (Å²) in [6.07, 6.45) is 0. The average Bonchev–Trinajstić information content (AvgIpc) is 1.04. The first kappa shape index (κ1) is 46.5. The molecule has 4 heteroatoms. The largest absolute Gasteiger partial charge is 0.310 e. The maximum atomic E-state index is 9.77. The molecule has 0 amide bonds. The van der Waals surface area contributed by atoms with Crippen molar-refractivity contribution >= 4 is 79.0 Å². The van der Waals surface area contributed by atoms with Gasteiger partial charge in [0.25, 0.3) is 6.71 Å². The number of rotatable bonds is 9. The van der Waals surface area contributed by atoms with Crippen LogP contribution in [-0.4, -0.2) is 11.3 Å². The summed E-state index contributed by atoms with van der Waals surface area (Å²) in [5.74, 6) is 0. The Morgan fingerprint density at radius 2 is 0.778 bits per heavy atom. The predicted molar refractivity (Wildman–Crippen MR) is 385 cm³/mol. The van der Waals surface area contributed by atoms with Crippen LogP contribution in [0.5, 0.6) is 0 Å². The molecule has 0 aliphatic carbocycles. The summed E-state index contributed by atoms with van der Waals surface area (Å²) >= 11 is 0. The van der Waals surface area contributed by atoms with Crippen molar-refractivity contribution in [3.8, 4) is 72.4 Å². The minimum atomic E-state index is -0.496. The van der Waals surface area contributed by atoms with Gasteiger partial charge < -0.3 is 14.4 Å². The third-order valence-electron chi connectivity index (χ3n) is 18.3. The van der Waals surface area contributed by atoms with E-state index in [1.807, 2.05) is 24.3 Å². The number of benzene rings is 13. The molecule has 0 saturated carbocycles. The van der Waals surface area contributed by atoms with E-state index in [0.717, 1.165) is 117 Å². The van der Waals surface area contributed by atoms with Gasteiger partial charge in [-0.15, -0.1) is 0 Å². The Balaban J connectivity index is 1.13. The molecular weight excluding hydrogens is 1090 g/mol. The molecule has 0 saturated heterocycles. The van der Waals surface area contributed by atoms with Crippen molar-refractivity contribution in [1.82, 2.24) is 4.57 Å². The van der Waals surface area contributed by atoms with Crippen LogP contribution in [0.1, 0.15) is 63.6 Å². The maximum absolute atomic E-state index is 9.77. The van der Waals surface area contributed by atoms with E-state index in [-0.39, 0.29) is 56.8 Å². The van der Waals surface area contributed by atoms with E-state index >= 15 is 0 Å². The summed E-state index contributed by atoms with van der Waals surface area (Å²) in [5, 5.41) is 0.0287. The molecule has 0 bridgehead atoms. The lowest BCUT2D eigenvalue weighted by molar-refractivity contribution is 0.570. The summed E-state index contributed by atoms with van der Waals surface area (Å²) in [6.45, 7) is 13.2. The molecular formula is C86H68BN3. The van der Waals surface area contributed by atoms with Crippen LogP contribution in [0, 0.1) is 0 Å². The molecule has 3 nitrogen and oxygen atoms in total. The van der Waals surface area contributed by atoms with Gasteiger partial charge in [0.2, 0.25) is 0 Å². The van der Waals surface area contributed by atoms with Crippen molar-refractivity contribution in [2.75, 3.05) is 9.80 Å².